The van der Waals surface area contributed by atoms with Crippen molar-refractivity contribution < 1.29 is 22.8 Å². The minimum absolute atomic E-state index is 0.0606. The second-order valence-electron chi connectivity index (χ2n) is 5.80. The van der Waals surface area contributed by atoms with Gasteiger partial charge in [-0.25, -0.2) is 8.78 Å². The molecule has 0 aliphatic heterocycles. The summed E-state index contributed by atoms with van der Waals surface area (Å²) in [7, 11) is 1.34. The lowest BCUT2D eigenvalue weighted by molar-refractivity contribution is 0.202. The number of oxime groups is 1. The largest absolute Gasteiger partial charge is 0.474 e. The molecule has 1 unspecified atom stereocenters. The maximum atomic E-state index is 14.4. The number of ether oxygens (including phenoxy) is 1. The summed E-state index contributed by atoms with van der Waals surface area (Å²) in [6.45, 7) is 0. The van der Waals surface area contributed by atoms with Crippen molar-refractivity contribution in [1.29, 1.82) is 0 Å². The Morgan fingerprint density at radius 3 is 2.86 bits per heavy atom. The molecule has 0 N–H and O–H groups in total. The van der Waals surface area contributed by atoms with Crippen molar-refractivity contribution in [3.8, 4) is 5.75 Å². The number of nitrogens with zero attached hydrogens (tertiary/aromatic N) is 5. The molecule has 0 saturated carbocycles. The standard InChI is InChI=1S/C19H13F2N5O3/c1-27-25-8-12-6-16(23-9-15(12)21)18(19-26-24-10-28-19)29-13-5-11-3-2-4-22-17(11)14(20)7-13/h2-10,18H,1H3/b25-8+. The number of halogens is 2. The molecule has 0 saturated heterocycles. The van der Waals surface area contributed by atoms with E-state index in [0.717, 1.165) is 12.6 Å². The van der Waals surface area contributed by atoms with Crippen molar-refractivity contribution in [3.05, 3.63) is 77.9 Å². The van der Waals surface area contributed by atoms with E-state index in [2.05, 4.69) is 30.2 Å². The van der Waals surface area contributed by atoms with Crippen molar-refractivity contribution in [1.82, 2.24) is 20.2 Å². The first-order valence-electron chi connectivity index (χ1n) is 8.34. The summed E-state index contributed by atoms with van der Waals surface area (Å²) in [5, 5.41) is 11.6. The SMILES string of the molecule is CO/N=C/c1cc(C(Oc2cc(F)c3ncccc3c2)c2nnco2)ncc1F. The Morgan fingerprint density at radius 2 is 2.07 bits per heavy atom. The molecule has 29 heavy (non-hydrogen) atoms. The summed E-state index contributed by atoms with van der Waals surface area (Å²) in [6.07, 6.45) is 3.80. The topological polar surface area (TPSA) is 95.5 Å². The van der Waals surface area contributed by atoms with Gasteiger partial charge in [-0.3, -0.25) is 9.97 Å². The maximum Gasteiger partial charge on any atom is 0.263 e. The van der Waals surface area contributed by atoms with Crippen LogP contribution in [0.5, 0.6) is 5.75 Å². The summed E-state index contributed by atoms with van der Waals surface area (Å²) in [6, 6.07) is 7.59. The average molecular weight is 397 g/mol. The molecule has 0 fully saturated rings. The van der Waals surface area contributed by atoms with Crippen LogP contribution in [0.2, 0.25) is 0 Å². The van der Waals surface area contributed by atoms with Crippen LogP contribution in [0.4, 0.5) is 8.78 Å². The number of pyridine rings is 2. The Morgan fingerprint density at radius 1 is 1.17 bits per heavy atom. The average Bonchev–Trinajstić information content (AvgIpc) is 3.26. The van der Waals surface area contributed by atoms with E-state index in [-0.39, 0.29) is 28.4 Å². The van der Waals surface area contributed by atoms with Crippen molar-refractivity contribution in [2.45, 2.75) is 6.10 Å². The summed E-state index contributed by atoms with van der Waals surface area (Å²) in [5.41, 5.74) is 0.575. The van der Waals surface area contributed by atoms with Crippen LogP contribution in [0.15, 0.2) is 58.7 Å². The normalized spacial score (nSPS) is 12.4. The lowest BCUT2D eigenvalue weighted by Gasteiger charge is -2.16. The molecule has 3 heterocycles. The fraction of sp³-hybridized carbons (Fsp3) is 0.105. The first kappa shape index (κ1) is 18.4. The number of hydrogen-bond donors (Lipinski definition) is 0. The van der Waals surface area contributed by atoms with Gasteiger partial charge in [0.05, 0.1) is 18.1 Å². The highest BCUT2D eigenvalue weighted by molar-refractivity contribution is 5.80. The smallest absolute Gasteiger partial charge is 0.263 e. The van der Waals surface area contributed by atoms with Gasteiger partial charge in [-0.05, 0) is 18.2 Å². The van der Waals surface area contributed by atoms with Gasteiger partial charge in [0.1, 0.15) is 24.2 Å². The van der Waals surface area contributed by atoms with E-state index in [1.165, 1.54) is 31.7 Å². The van der Waals surface area contributed by atoms with Crippen LogP contribution < -0.4 is 4.74 Å². The predicted octanol–water partition coefficient (Wildman–Crippen LogP) is 3.44. The highest BCUT2D eigenvalue weighted by Crippen LogP contribution is 2.30. The lowest BCUT2D eigenvalue weighted by atomic mass is 10.1. The van der Waals surface area contributed by atoms with Crippen LogP contribution in [0.1, 0.15) is 23.3 Å². The van der Waals surface area contributed by atoms with Gasteiger partial charge in [0, 0.05) is 23.2 Å². The molecule has 1 atom stereocenters. The molecular weight excluding hydrogens is 384 g/mol. The van der Waals surface area contributed by atoms with Gasteiger partial charge in [0.15, 0.2) is 5.82 Å². The van der Waals surface area contributed by atoms with Gasteiger partial charge < -0.3 is 14.0 Å². The van der Waals surface area contributed by atoms with Crippen LogP contribution in [-0.2, 0) is 4.84 Å². The Kier molecular flexibility index (Phi) is 5.06. The molecule has 4 rings (SSSR count). The fourth-order valence-corrected chi connectivity index (χ4v) is 2.68. The number of aromatic nitrogens is 4. The Bertz CT molecular complexity index is 1170. The van der Waals surface area contributed by atoms with Crippen LogP contribution >= 0.6 is 0 Å². The molecule has 0 radical (unpaired) electrons. The van der Waals surface area contributed by atoms with Gasteiger partial charge >= 0.3 is 0 Å². The maximum absolute atomic E-state index is 14.4. The van der Waals surface area contributed by atoms with Crippen molar-refractivity contribution in [2.24, 2.45) is 5.16 Å². The molecule has 0 amide bonds. The molecule has 4 aromatic rings. The predicted molar refractivity (Wildman–Crippen MR) is 97.3 cm³/mol. The van der Waals surface area contributed by atoms with Crippen LogP contribution in [0, 0.1) is 11.6 Å². The third-order valence-corrected chi connectivity index (χ3v) is 3.96. The zero-order valence-electron chi connectivity index (χ0n) is 15.0. The molecule has 0 spiro atoms. The Labute approximate surface area is 162 Å². The van der Waals surface area contributed by atoms with E-state index >= 15 is 0 Å². The van der Waals surface area contributed by atoms with Gasteiger partial charge in [0.25, 0.3) is 5.89 Å². The molecule has 146 valence electrons. The second-order valence-corrected chi connectivity index (χ2v) is 5.80. The van der Waals surface area contributed by atoms with E-state index in [1.807, 2.05) is 0 Å². The fourth-order valence-electron chi connectivity index (χ4n) is 2.68. The third-order valence-electron chi connectivity index (χ3n) is 3.96. The van der Waals surface area contributed by atoms with Gasteiger partial charge in [0.2, 0.25) is 12.5 Å². The van der Waals surface area contributed by atoms with E-state index < -0.39 is 17.7 Å². The molecule has 0 aliphatic rings. The molecule has 0 aliphatic carbocycles. The van der Waals surface area contributed by atoms with Gasteiger partial charge in [-0.15, -0.1) is 10.2 Å². The molecule has 10 heteroatoms. The van der Waals surface area contributed by atoms with Gasteiger partial charge in [-0.1, -0.05) is 11.2 Å². The van der Waals surface area contributed by atoms with Crippen LogP contribution in [0.3, 0.4) is 0 Å². The molecule has 3 aromatic heterocycles. The molecular formula is C19H13F2N5O3. The number of benzene rings is 1. The van der Waals surface area contributed by atoms with Crippen molar-refractivity contribution in [2.75, 3.05) is 7.11 Å². The van der Waals surface area contributed by atoms with E-state index in [0.29, 0.717) is 5.39 Å². The van der Waals surface area contributed by atoms with Crippen LogP contribution in [0.25, 0.3) is 10.9 Å². The summed E-state index contributed by atoms with van der Waals surface area (Å²) in [4.78, 5) is 12.6. The second kappa shape index (κ2) is 7.97. The van der Waals surface area contributed by atoms with E-state index in [9.17, 15) is 8.78 Å². The quantitative estimate of drug-likeness (QED) is 0.363. The first-order valence-corrected chi connectivity index (χ1v) is 8.34. The van der Waals surface area contributed by atoms with Crippen LogP contribution in [-0.4, -0.2) is 33.5 Å². The first-order chi connectivity index (χ1) is 14.2. The van der Waals surface area contributed by atoms with E-state index in [1.54, 1.807) is 18.2 Å². The number of hydrogen-bond acceptors (Lipinski definition) is 8. The summed E-state index contributed by atoms with van der Waals surface area (Å²) < 4.78 is 39.6. The lowest BCUT2D eigenvalue weighted by Crippen LogP contribution is -2.13. The van der Waals surface area contributed by atoms with Gasteiger partial charge in [-0.2, -0.15) is 0 Å². The molecule has 8 nitrogen and oxygen atoms in total. The Hall–Kier alpha value is -3.95. The van der Waals surface area contributed by atoms with E-state index in [4.69, 9.17) is 9.15 Å². The highest BCUT2D eigenvalue weighted by Gasteiger charge is 2.25. The zero-order chi connectivity index (χ0) is 20.2. The molecule has 1 aromatic carbocycles. The number of fused-ring (bicyclic) bond motifs is 1. The minimum atomic E-state index is -1.01. The number of rotatable bonds is 6. The highest BCUT2D eigenvalue weighted by atomic mass is 19.1. The Balaban J connectivity index is 1.76. The minimum Gasteiger partial charge on any atom is -0.474 e. The summed E-state index contributed by atoms with van der Waals surface area (Å²) in [5.74, 6) is -0.918. The molecule has 0 bridgehead atoms. The summed E-state index contributed by atoms with van der Waals surface area (Å²) >= 11 is 0. The monoisotopic (exact) mass is 397 g/mol. The van der Waals surface area contributed by atoms with Crippen molar-refractivity contribution in [3.63, 3.8) is 0 Å². The zero-order valence-corrected chi connectivity index (χ0v) is 15.0. The third kappa shape index (κ3) is 3.86. The van der Waals surface area contributed by atoms with Crippen molar-refractivity contribution >= 4 is 17.1 Å².